The Hall–Kier alpha value is -3.10. The van der Waals surface area contributed by atoms with E-state index < -0.39 is 17.6 Å². The number of hydrogen-bond acceptors (Lipinski definition) is 3. The maximum atomic E-state index is 12.7. The number of rotatable bonds is 4. The van der Waals surface area contributed by atoms with Gasteiger partial charge in [0.2, 0.25) is 0 Å². The van der Waals surface area contributed by atoms with Crippen LogP contribution in [0, 0.1) is 0 Å². The average molecular weight is 366 g/mol. The van der Waals surface area contributed by atoms with Gasteiger partial charge in [0.1, 0.15) is 0 Å². The number of pyridine rings is 1. The molecule has 0 spiro atoms. The van der Waals surface area contributed by atoms with Crippen molar-refractivity contribution in [2.45, 2.75) is 12.7 Å². The van der Waals surface area contributed by atoms with Crippen molar-refractivity contribution >= 4 is 17.6 Å². The monoisotopic (exact) mass is 366 g/mol. The lowest BCUT2D eigenvalue weighted by atomic mass is 10.1. The number of carbonyl (C=O) groups is 2. The molecular formula is C17H17F3N4O2. The molecule has 0 bridgehead atoms. The molecule has 1 aromatic carbocycles. The number of urea groups is 1. The molecule has 0 aliphatic carbocycles. The molecule has 0 aliphatic heterocycles. The second kappa shape index (κ2) is 7.85. The summed E-state index contributed by atoms with van der Waals surface area (Å²) in [6.45, 7) is 0.113. The highest BCUT2D eigenvalue weighted by Crippen LogP contribution is 2.30. The fraction of sp³-hybridized carbons (Fsp3) is 0.235. The predicted octanol–water partition coefficient (Wildman–Crippen LogP) is 3.12. The maximum absolute atomic E-state index is 12.7. The molecule has 0 saturated heterocycles. The Balaban J connectivity index is 2.08. The lowest BCUT2D eigenvalue weighted by Crippen LogP contribution is -2.34. The van der Waals surface area contributed by atoms with Gasteiger partial charge in [0.05, 0.1) is 17.8 Å². The fourth-order valence-electron chi connectivity index (χ4n) is 2.02. The van der Waals surface area contributed by atoms with Crippen LogP contribution >= 0.6 is 0 Å². The summed E-state index contributed by atoms with van der Waals surface area (Å²) in [7, 11) is 3.17. The van der Waals surface area contributed by atoms with Crippen molar-refractivity contribution in [2.24, 2.45) is 0 Å². The first-order valence-corrected chi connectivity index (χ1v) is 7.55. The van der Waals surface area contributed by atoms with Gasteiger partial charge in [-0.15, -0.1) is 0 Å². The van der Waals surface area contributed by atoms with E-state index >= 15 is 0 Å². The van der Waals surface area contributed by atoms with Gasteiger partial charge in [0.15, 0.2) is 0 Å². The SMILES string of the molecule is CN(C)C(=O)NCc1cc(C(=O)Nc2cccc(C(F)(F)F)c2)ccn1. The van der Waals surface area contributed by atoms with Crippen molar-refractivity contribution in [3.05, 3.63) is 59.4 Å². The molecule has 2 aromatic rings. The topological polar surface area (TPSA) is 74.3 Å². The third-order valence-corrected chi connectivity index (χ3v) is 3.35. The Morgan fingerprint density at radius 3 is 2.54 bits per heavy atom. The van der Waals surface area contributed by atoms with Gasteiger partial charge in [0.25, 0.3) is 5.91 Å². The molecule has 138 valence electrons. The van der Waals surface area contributed by atoms with Gasteiger partial charge in [0, 0.05) is 31.5 Å². The minimum absolute atomic E-state index is 0.0316. The summed E-state index contributed by atoms with van der Waals surface area (Å²) in [6.07, 6.45) is -3.10. The van der Waals surface area contributed by atoms with Crippen LogP contribution in [0.25, 0.3) is 0 Å². The van der Waals surface area contributed by atoms with Crippen LogP contribution in [0.3, 0.4) is 0 Å². The molecule has 6 nitrogen and oxygen atoms in total. The first-order chi connectivity index (χ1) is 12.2. The molecule has 3 amide bonds. The largest absolute Gasteiger partial charge is 0.416 e. The zero-order valence-corrected chi connectivity index (χ0v) is 14.1. The maximum Gasteiger partial charge on any atom is 0.416 e. The fourth-order valence-corrected chi connectivity index (χ4v) is 2.02. The molecule has 26 heavy (non-hydrogen) atoms. The Morgan fingerprint density at radius 1 is 1.15 bits per heavy atom. The number of amides is 3. The van der Waals surface area contributed by atoms with E-state index in [2.05, 4.69) is 15.6 Å². The van der Waals surface area contributed by atoms with Crippen molar-refractivity contribution in [3.63, 3.8) is 0 Å². The minimum atomic E-state index is -4.49. The molecule has 1 aromatic heterocycles. The van der Waals surface area contributed by atoms with Crippen molar-refractivity contribution in [1.82, 2.24) is 15.2 Å². The number of halogens is 3. The van der Waals surface area contributed by atoms with Crippen LogP contribution in [-0.2, 0) is 12.7 Å². The summed E-state index contributed by atoms with van der Waals surface area (Å²) in [6, 6.07) is 6.94. The van der Waals surface area contributed by atoms with E-state index in [1.165, 1.54) is 35.4 Å². The molecule has 0 saturated carbocycles. The molecular weight excluding hydrogens is 349 g/mol. The minimum Gasteiger partial charge on any atom is -0.332 e. The highest BCUT2D eigenvalue weighted by atomic mass is 19.4. The number of nitrogens with one attached hydrogen (secondary N) is 2. The summed E-state index contributed by atoms with van der Waals surface area (Å²) in [5.74, 6) is -0.577. The zero-order chi connectivity index (χ0) is 19.3. The van der Waals surface area contributed by atoms with Gasteiger partial charge in [-0.1, -0.05) is 6.07 Å². The molecule has 0 aliphatic rings. The molecule has 0 atom stereocenters. The Morgan fingerprint density at radius 2 is 1.88 bits per heavy atom. The number of aromatic nitrogens is 1. The number of alkyl halides is 3. The van der Waals surface area contributed by atoms with Gasteiger partial charge < -0.3 is 15.5 Å². The highest BCUT2D eigenvalue weighted by molar-refractivity contribution is 6.04. The number of benzene rings is 1. The second-order valence-corrected chi connectivity index (χ2v) is 5.62. The number of anilines is 1. The average Bonchev–Trinajstić information content (AvgIpc) is 2.59. The molecule has 9 heteroatoms. The summed E-state index contributed by atoms with van der Waals surface area (Å²) in [5.41, 5.74) is -0.162. The zero-order valence-electron chi connectivity index (χ0n) is 14.1. The molecule has 0 unspecified atom stereocenters. The van der Waals surface area contributed by atoms with Crippen molar-refractivity contribution in [2.75, 3.05) is 19.4 Å². The van der Waals surface area contributed by atoms with Gasteiger partial charge in [-0.3, -0.25) is 9.78 Å². The Kier molecular flexibility index (Phi) is 5.81. The lowest BCUT2D eigenvalue weighted by Gasteiger charge is -2.12. The van der Waals surface area contributed by atoms with Crippen LogP contribution in [0.15, 0.2) is 42.6 Å². The molecule has 2 N–H and O–H groups in total. The van der Waals surface area contributed by atoms with Gasteiger partial charge in [-0.25, -0.2) is 4.79 Å². The van der Waals surface area contributed by atoms with E-state index in [-0.39, 0.29) is 23.8 Å². The number of carbonyl (C=O) groups excluding carboxylic acids is 2. The summed E-state index contributed by atoms with van der Waals surface area (Å²) in [5, 5.41) is 5.02. The van der Waals surface area contributed by atoms with Crippen LogP contribution < -0.4 is 10.6 Å². The smallest absolute Gasteiger partial charge is 0.332 e. The van der Waals surface area contributed by atoms with Crippen LogP contribution in [0.5, 0.6) is 0 Å². The van der Waals surface area contributed by atoms with E-state index in [4.69, 9.17) is 0 Å². The molecule has 0 radical (unpaired) electrons. The number of nitrogens with zero attached hydrogens (tertiary/aromatic N) is 2. The molecule has 2 rings (SSSR count). The van der Waals surface area contributed by atoms with Crippen molar-refractivity contribution in [1.29, 1.82) is 0 Å². The highest BCUT2D eigenvalue weighted by Gasteiger charge is 2.30. The first kappa shape index (κ1) is 19.2. The number of hydrogen-bond donors (Lipinski definition) is 2. The Labute approximate surface area is 148 Å². The first-order valence-electron chi connectivity index (χ1n) is 7.55. The normalized spacial score (nSPS) is 11.0. The summed E-state index contributed by atoms with van der Waals surface area (Å²) >= 11 is 0. The lowest BCUT2D eigenvalue weighted by molar-refractivity contribution is -0.137. The van der Waals surface area contributed by atoms with Crippen LogP contribution in [0.2, 0.25) is 0 Å². The molecule has 0 fully saturated rings. The van der Waals surface area contributed by atoms with Crippen molar-refractivity contribution in [3.8, 4) is 0 Å². The summed E-state index contributed by atoms with van der Waals surface area (Å²) < 4.78 is 38.2. The standard InChI is InChI=1S/C17H17F3N4O2/c1-24(2)16(26)22-10-14-8-11(6-7-21-14)15(25)23-13-5-3-4-12(9-13)17(18,19)20/h3-9H,10H2,1-2H3,(H,22,26)(H,23,25). The quantitative estimate of drug-likeness (QED) is 0.873. The molecule has 1 heterocycles. The van der Waals surface area contributed by atoms with E-state index in [0.29, 0.717) is 5.69 Å². The van der Waals surface area contributed by atoms with E-state index in [1.807, 2.05) is 0 Å². The van der Waals surface area contributed by atoms with Gasteiger partial charge >= 0.3 is 12.2 Å². The summed E-state index contributed by atoms with van der Waals surface area (Å²) in [4.78, 5) is 29.2. The van der Waals surface area contributed by atoms with E-state index in [0.717, 1.165) is 12.1 Å². The Bertz CT molecular complexity index is 807. The van der Waals surface area contributed by atoms with Crippen LogP contribution in [0.4, 0.5) is 23.7 Å². The van der Waals surface area contributed by atoms with E-state index in [9.17, 15) is 22.8 Å². The van der Waals surface area contributed by atoms with Gasteiger partial charge in [-0.2, -0.15) is 13.2 Å². The van der Waals surface area contributed by atoms with Crippen LogP contribution in [-0.4, -0.2) is 35.9 Å². The van der Waals surface area contributed by atoms with E-state index in [1.54, 1.807) is 14.1 Å². The third-order valence-electron chi connectivity index (χ3n) is 3.35. The van der Waals surface area contributed by atoms with Crippen molar-refractivity contribution < 1.29 is 22.8 Å². The second-order valence-electron chi connectivity index (χ2n) is 5.62. The third kappa shape index (κ3) is 5.20. The van der Waals surface area contributed by atoms with Crippen LogP contribution in [0.1, 0.15) is 21.6 Å². The van der Waals surface area contributed by atoms with Gasteiger partial charge in [-0.05, 0) is 30.3 Å². The predicted molar refractivity (Wildman–Crippen MR) is 89.6 cm³/mol.